The molecule has 1 aliphatic rings. The van der Waals surface area contributed by atoms with Crippen molar-refractivity contribution in [2.45, 2.75) is 66.0 Å². The third-order valence-electron chi connectivity index (χ3n) is 3.16. The molecule has 88 valence electrons. The summed E-state index contributed by atoms with van der Waals surface area (Å²) in [7, 11) is 0. The largest absolute Gasteiger partial charge is 0.297 e. The fourth-order valence-corrected chi connectivity index (χ4v) is 2.34. The Bertz CT molecular complexity index is 244. The van der Waals surface area contributed by atoms with E-state index in [4.69, 9.17) is 0 Å². The quantitative estimate of drug-likeness (QED) is 0.664. The first-order valence-corrected chi connectivity index (χ1v) is 5.95. The highest BCUT2D eigenvalue weighted by Gasteiger charge is 2.40. The summed E-state index contributed by atoms with van der Waals surface area (Å²) in [6.07, 6.45) is 2.19. The number of hydrogen-bond acceptors (Lipinski definition) is 2. The number of ketones is 1. The van der Waals surface area contributed by atoms with E-state index in [0.29, 0.717) is 5.78 Å². The molecule has 15 heavy (non-hydrogen) atoms. The van der Waals surface area contributed by atoms with Gasteiger partial charge in [0.05, 0.1) is 6.04 Å². The standard InChI is InChI=1S/C13H25NO/c1-12(2,3)11(15)10-8-7-9-14(10)13(4,5)6/h10H,7-9H2,1-6H3. The molecule has 0 aromatic rings. The smallest absolute Gasteiger partial charge is 0.155 e. The summed E-state index contributed by atoms with van der Waals surface area (Å²) in [5, 5.41) is 0. The summed E-state index contributed by atoms with van der Waals surface area (Å²) in [5.74, 6) is 0.398. The van der Waals surface area contributed by atoms with Crippen LogP contribution >= 0.6 is 0 Å². The molecule has 2 nitrogen and oxygen atoms in total. The fourth-order valence-electron chi connectivity index (χ4n) is 2.34. The molecule has 0 aromatic carbocycles. The Hall–Kier alpha value is -0.370. The number of carbonyl (C=O) groups excluding carboxylic acids is 1. The molecule has 0 bridgehead atoms. The van der Waals surface area contributed by atoms with E-state index < -0.39 is 0 Å². The SMILES string of the molecule is CC(C)(C)C(=O)C1CCCN1C(C)(C)C. The van der Waals surface area contributed by atoms with Crippen LogP contribution in [-0.4, -0.2) is 28.8 Å². The van der Waals surface area contributed by atoms with Crippen LogP contribution in [0.15, 0.2) is 0 Å². The van der Waals surface area contributed by atoms with Gasteiger partial charge in [-0.15, -0.1) is 0 Å². The van der Waals surface area contributed by atoms with Crippen LogP contribution in [0.25, 0.3) is 0 Å². The Balaban J connectivity index is 2.82. The van der Waals surface area contributed by atoms with Crippen LogP contribution in [0.5, 0.6) is 0 Å². The lowest BCUT2D eigenvalue weighted by Crippen LogP contribution is -2.50. The van der Waals surface area contributed by atoms with Crippen molar-refractivity contribution in [3.8, 4) is 0 Å². The number of carbonyl (C=O) groups is 1. The van der Waals surface area contributed by atoms with Crippen LogP contribution in [0.2, 0.25) is 0 Å². The molecule has 2 heteroatoms. The van der Waals surface area contributed by atoms with Crippen molar-refractivity contribution in [2.75, 3.05) is 6.54 Å². The van der Waals surface area contributed by atoms with Gasteiger partial charge in [-0.2, -0.15) is 0 Å². The first-order valence-electron chi connectivity index (χ1n) is 5.95. The highest BCUT2D eigenvalue weighted by Crippen LogP contribution is 2.31. The van der Waals surface area contributed by atoms with E-state index in [2.05, 4.69) is 25.7 Å². The van der Waals surface area contributed by atoms with Gasteiger partial charge < -0.3 is 0 Å². The second-order valence-electron chi connectivity index (χ2n) is 6.64. The third-order valence-corrected chi connectivity index (χ3v) is 3.16. The van der Waals surface area contributed by atoms with Gasteiger partial charge in [-0.1, -0.05) is 20.8 Å². The minimum absolute atomic E-state index is 0.113. The molecule has 0 saturated carbocycles. The summed E-state index contributed by atoms with van der Waals surface area (Å²) < 4.78 is 0. The van der Waals surface area contributed by atoms with Gasteiger partial charge in [-0.05, 0) is 40.2 Å². The van der Waals surface area contributed by atoms with Crippen LogP contribution in [-0.2, 0) is 4.79 Å². The van der Waals surface area contributed by atoms with E-state index >= 15 is 0 Å². The van der Waals surface area contributed by atoms with E-state index in [-0.39, 0.29) is 17.0 Å². The zero-order valence-electron chi connectivity index (χ0n) is 11.1. The molecule has 0 aliphatic carbocycles. The van der Waals surface area contributed by atoms with Crippen molar-refractivity contribution in [3.63, 3.8) is 0 Å². The van der Waals surface area contributed by atoms with Gasteiger partial charge in [0.15, 0.2) is 5.78 Å². The molecule has 0 spiro atoms. The second kappa shape index (κ2) is 3.89. The van der Waals surface area contributed by atoms with Gasteiger partial charge in [-0.25, -0.2) is 0 Å². The van der Waals surface area contributed by atoms with E-state index in [9.17, 15) is 4.79 Å². The molecule has 0 N–H and O–H groups in total. The van der Waals surface area contributed by atoms with Gasteiger partial charge in [0.25, 0.3) is 0 Å². The Kier molecular flexibility index (Phi) is 3.30. The van der Waals surface area contributed by atoms with Gasteiger partial charge in [0.1, 0.15) is 0 Å². The highest BCUT2D eigenvalue weighted by atomic mass is 16.1. The monoisotopic (exact) mass is 211 g/mol. The van der Waals surface area contributed by atoms with Gasteiger partial charge in [-0.3, -0.25) is 9.69 Å². The van der Waals surface area contributed by atoms with Crippen molar-refractivity contribution in [3.05, 3.63) is 0 Å². The summed E-state index contributed by atoms with van der Waals surface area (Å²) in [4.78, 5) is 14.6. The average Bonchev–Trinajstić information content (AvgIpc) is 2.47. The highest BCUT2D eigenvalue weighted by molar-refractivity contribution is 5.89. The average molecular weight is 211 g/mol. The number of nitrogens with zero attached hydrogens (tertiary/aromatic N) is 1. The Labute approximate surface area is 94.0 Å². The second-order valence-corrected chi connectivity index (χ2v) is 6.64. The van der Waals surface area contributed by atoms with Crippen molar-refractivity contribution in [2.24, 2.45) is 5.41 Å². The summed E-state index contributed by atoms with van der Waals surface area (Å²) in [6, 6.07) is 0.144. The lowest BCUT2D eigenvalue weighted by atomic mass is 9.84. The van der Waals surface area contributed by atoms with Gasteiger partial charge in [0, 0.05) is 11.0 Å². The maximum atomic E-state index is 12.3. The molecule has 0 amide bonds. The van der Waals surface area contributed by atoms with Crippen molar-refractivity contribution < 1.29 is 4.79 Å². The Morgan fingerprint density at radius 3 is 2.07 bits per heavy atom. The van der Waals surface area contributed by atoms with Crippen LogP contribution in [0.3, 0.4) is 0 Å². The summed E-state index contributed by atoms with van der Waals surface area (Å²) in [6.45, 7) is 13.7. The molecular weight excluding hydrogens is 186 g/mol. The molecule has 1 atom stereocenters. The minimum atomic E-state index is -0.210. The summed E-state index contributed by atoms with van der Waals surface area (Å²) >= 11 is 0. The molecule has 1 heterocycles. The summed E-state index contributed by atoms with van der Waals surface area (Å²) in [5.41, 5.74) is -0.0966. The fraction of sp³-hybridized carbons (Fsp3) is 0.923. The molecule has 1 saturated heterocycles. The number of hydrogen-bond donors (Lipinski definition) is 0. The maximum absolute atomic E-state index is 12.3. The van der Waals surface area contributed by atoms with E-state index in [1.54, 1.807) is 0 Å². The van der Waals surface area contributed by atoms with Crippen LogP contribution < -0.4 is 0 Å². The minimum Gasteiger partial charge on any atom is -0.297 e. The van der Waals surface area contributed by atoms with Gasteiger partial charge >= 0.3 is 0 Å². The van der Waals surface area contributed by atoms with Gasteiger partial charge in [0.2, 0.25) is 0 Å². The lowest BCUT2D eigenvalue weighted by Gasteiger charge is -2.38. The molecular formula is C13H25NO. The molecule has 1 fully saturated rings. The topological polar surface area (TPSA) is 20.3 Å². The Morgan fingerprint density at radius 2 is 1.67 bits per heavy atom. The van der Waals surface area contributed by atoms with E-state index in [0.717, 1.165) is 19.4 Å². The van der Waals surface area contributed by atoms with E-state index in [1.807, 2.05) is 20.8 Å². The molecule has 1 unspecified atom stereocenters. The lowest BCUT2D eigenvalue weighted by molar-refractivity contribution is -0.132. The molecule has 1 rings (SSSR count). The first kappa shape index (κ1) is 12.7. The van der Waals surface area contributed by atoms with Crippen molar-refractivity contribution >= 4 is 5.78 Å². The number of rotatable bonds is 1. The van der Waals surface area contributed by atoms with E-state index in [1.165, 1.54) is 0 Å². The normalized spacial score (nSPS) is 24.5. The molecule has 0 aromatic heterocycles. The van der Waals surface area contributed by atoms with Crippen LogP contribution in [0.4, 0.5) is 0 Å². The Morgan fingerprint density at radius 1 is 1.13 bits per heavy atom. The zero-order valence-corrected chi connectivity index (χ0v) is 11.1. The van der Waals surface area contributed by atoms with Crippen LogP contribution in [0, 0.1) is 5.41 Å². The predicted molar refractivity (Wildman–Crippen MR) is 63.9 cm³/mol. The first-order chi connectivity index (χ1) is 6.64. The predicted octanol–water partition coefficient (Wildman–Crippen LogP) is 2.86. The molecule has 0 radical (unpaired) electrons. The zero-order chi connectivity index (χ0) is 11.9. The number of Topliss-reactive ketones (excluding diaryl/α,β-unsaturated/α-hetero) is 1. The third kappa shape index (κ3) is 2.81. The van der Waals surface area contributed by atoms with Crippen LogP contribution in [0.1, 0.15) is 54.4 Å². The van der Waals surface area contributed by atoms with Crippen molar-refractivity contribution in [1.29, 1.82) is 0 Å². The maximum Gasteiger partial charge on any atom is 0.155 e. The van der Waals surface area contributed by atoms with Crippen molar-refractivity contribution in [1.82, 2.24) is 4.90 Å². The molecule has 1 aliphatic heterocycles. The number of likely N-dealkylation sites (tertiary alicyclic amines) is 1.